The van der Waals surface area contributed by atoms with Crippen molar-refractivity contribution in [1.82, 2.24) is 5.32 Å². The summed E-state index contributed by atoms with van der Waals surface area (Å²) in [4.78, 5) is 15.8. The number of para-hydroxylation sites is 2. The molecule has 0 aromatic heterocycles. The summed E-state index contributed by atoms with van der Waals surface area (Å²) in [5.41, 5.74) is 1.72. The van der Waals surface area contributed by atoms with Gasteiger partial charge in [-0.2, -0.15) is 0 Å². The van der Waals surface area contributed by atoms with E-state index in [4.69, 9.17) is 14.2 Å². The summed E-state index contributed by atoms with van der Waals surface area (Å²) in [7, 11) is 4.69. The van der Waals surface area contributed by atoms with Crippen molar-refractivity contribution in [1.29, 1.82) is 0 Å². The third-order valence-corrected chi connectivity index (χ3v) is 5.32. The summed E-state index contributed by atoms with van der Waals surface area (Å²) in [5.74, 6) is 1.94. The fourth-order valence-corrected chi connectivity index (χ4v) is 3.70. The van der Waals surface area contributed by atoms with Crippen LogP contribution in [-0.2, 0) is 11.3 Å². The molecule has 2 aromatic carbocycles. The van der Waals surface area contributed by atoms with Gasteiger partial charge in [0.1, 0.15) is 5.75 Å². The van der Waals surface area contributed by atoms with Crippen LogP contribution < -0.4 is 29.3 Å². The zero-order chi connectivity index (χ0) is 21.5. The number of hydrogen-bond acceptors (Lipinski definition) is 6. The van der Waals surface area contributed by atoms with Crippen molar-refractivity contribution < 1.29 is 29.0 Å². The Kier molecular flexibility index (Phi) is 7.24. The van der Waals surface area contributed by atoms with Gasteiger partial charge in [0.25, 0.3) is 5.91 Å². The van der Waals surface area contributed by atoms with E-state index in [-0.39, 0.29) is 5.91 Å². The molecule has 1 aliphatic rings. The molecule has 0 saturated carbocycles. The number of methoxy groups -OCH3 is 3. The third kappa shape index (κ3) is 5.07. The van der Waals surface area contributed by atoms with Crippen LogP contribution in [0.3, 0.4) is 0 Å². The number of phenols is 1. The summed E-state index contributed by atoms with van der Waals surface area (Å²) in [5, 5.41) is 13.0. The van der Waals surface area contributed by atoms with Crippen LogP contribution in [0.25, 0.3) is 0 Å². The van der Waals surface area contributed by atoms with Gasteiger partial charge in [-0.3, -0.25) is 4.79 Å². The molecule has 1 saturated heterocycles. The van der Waals surface area contributed by atoms with Crippen molar-refractivity contribution in [2.45, 2.75) is 6.54 Å². The lowest BCUT2D eigenvalue weighted by molar-refractivity contribution is -0.892. The molecule has 0 atom stereocenters. The molecule has 2 aromatic rings. The predicted molar refractivity (Wildman–Crippen MR) is 114 cm³/mol. The Bertz CT molecular complexity index is 841. The number of quaternary nitrogens is 1. The Morgan fingerprint density at radius 1 is 1.07 bits per heavy atom. The highest BCUT2D eigenvalue weighted by Crippen LogP contribution is 2.38. The number of hydrogen-bond donors (Lipinski definition) is 3. The topological polar surface area (TPSA) is 84.7 Å². The average molecular weight is 416 g/mol. The fourth-order valence-electron chi connectivity index (χ4n) is 3.70. The van der Waals surface area contributed by atoms with E-state index < -0.39 is 0 Å². The molecule has 3 N–H and O–H groups in total. The molecule has 30 heavy (non-hydrogen) atoms. The van der Waals surface area contributed by atoms with Gasteiger partial charge in [0.15, 0.2) is 18.0 Å². The highest BCUT2D eigenvalue weighted by molar-refractivity contribution is 5.76. The van der Waals surface area contributed by atoms with Gasteiger partial charge in [0, 0.05) is 6.54 Å². The number of piperazine rings is 1. The molecular weight excluding hydrogens is 386 g/mol. The van der Waals surface area contributed by atoms with Crippen LogP contribution in [0.1, 0.15) is 5.56 Å². The van der Waals surface area contributed by atoms with Crippen molar-refractivity contribution in [2.75, 3.05) is 59.0 Å². The molecule has 8 nitrogen and oxygen atoms in total. The highest BCUT2D eigenvalue weighted by atomic mass is 16.5. The van der Waals surface area contributed by atoms with Gasteiger partial charge in [-0.1, -0.05) is 12.1 Å². The maximum atomic E-state index is 12.4. The molecular formula is C22H30N3O5+. The molecule has 0 spiro atoms. The summed E-state index contributed by atoms with van der Waals surface area (Å²) in [6, 6.07) is 11.0. The Morgan fingerprint density at radius 2 is 1.70 bits per heavy atom. The number of amides is 1. The van der Waals surface area contributed by atoms with E-state index in [1.54, 1.807) is 27.4 Å². The van der Waals surface area contributed by atoms with Crippen LogP contribution in [0.2, 0.25) is 0 Å². The maximum Gasteiger partial charge on any atom is 0.275 e. The van der Waals surface area contributed by atoms with Gasteiger partial charge in [-0.25, -0.2) is 0 Å². The summed E-state index contributed by atoms with van der Waals surface area (Å²) >= 11 is 0. The number of carbonyl (C=O) groups excluding carboxylic acids is 1. The fraction of sp³-hybridized carbons (Fsp3) is 0.409. The minimum absolute atomic E-state index is 0.00485. The zero-order valence-corrected chi connectivity index (χ0v) is 17.7. The zero-order valence-electron chi connectivity index (χ0n) is 17.7. The maximum absolute atomic E-state index is 12.4. The van der Waals surface area contributed by atoms with Gasteiger partial charge in [0.05, 0.1) is 53.2 Å². The molecule has 0 bridgehead atoms. The van der Waals surface area contributed by atoms with Gasteiger partial charge in [-0.15, -0.1) is 0 Å². The van der Waals surface area contributed by atoms with Crippen LogP contribution >= 0.6 is 0 Å². The second kappa shape index (κ2) is 10.1. The molecule has 0 unspecified atom stereocenters. The van der Waals surface area contributed by atoms with Gasteiger partial charge < -0.3 is 34.4 Å². The lowest BCUT2D eigenvalue weighted by atomic mass is 10.1. The van der Waals surface area contributed by atoms with Gasteiger partial charge in [-0.05, 0) is 29.8 Å². The third-order valence-electron chi connectivity index (χ3n) is 5.32. The van der Waals surface area contributed by atoms with Crippen LogP contribution in [0.15, 0.2) is 36.4 Å². The summed E-state index contributed by atoms with van der Waals surface area (Å²) in [6.07, 6.45) is 0. The van der Waals surface area contributed by atoms with E-state index in [1.165, 1.54) is 4.90 Å². The van der Waals surface area contributed by atoms with E-state index in [2.05, 4.69) is 10.2 Å². The Labute approximate surface area is 176 Å². The largest absolute Gasteiger partial charge is 0.506 e. The summed E-state index contributed by atoms with van der Waals surface area (Å²) in [6.45, 7) is 4.07. The molecule has 1 aliphatic heterocycles. The smallest absolute Gasteiger partial charge is 0.275 e. The molecule has 1 fully saturated rings. The van der Waals surface area contributed by atoms with E-state index >= 15 is 0 Å². The number of carbonyl (C=O) groups is 1. The first-order valence-corrected chi connectivity index (χ1v) is 9.97. The Hall–Kier alpha value is -3.13. The molecule has 162 valence electrons. The number of ether oxygens (including phenoxy) is 3. The molecule has 1 amide bonds. The molecule has 1 heterocycles. The van der Waals surface area contributed by atoms with Crippen molar-refractivity contribution in [3.05, 3.63) is 42.0 Å². The molecule has 8 heteroatoms. The van der Waals surface area contributed by atoms with Crippen LogP contribution in [0.4, 0.5) is 5.69 Å². The van der Waals surface area contributed by atoms with Crippen LogP contribution in [-0.4, -0.2) is 65.1 Å². The Balaban J connectivity index is 1.50. The van der Waals surface area contributed by atoms with Crippen molar-refractivity contribution in [3.8, 4) is 23.0 Å². The monoisotopic (exact) mass is 416 g/mol. The van der Waals surface area contributed by atoms with E-state index in [9.17, 15) is 9.90 Å². The number of aromatic hydroxyl groups is 1. The SMILES string of the molecule is COc1cc(CNC(=O)C[NH+]2CCN(c3ccccc3O)CC2)cc(OC)c1OC. The van der Waals surface area contributed by atoms with E-state index in [0.717, 1.165) is 37.4 Å². The first-order chi connectivity index (χ1) is 14.5. The highest BCUT2D eigenvalue weighted by Gasteiger charge is 2.23. The second-order valence-electron chi connectivity index (χ2n) is 7.21. The number of nitrogens with one attached hydrogen (secondary N) is 2. The number of benzene rings is 2. The number of anilines is 1. The molecule has 3 rings (SSSR count). The van der Waals surface area contributed by atoms with Crippen molar-refractivity contribution in [2.24, 2.45) is 0 Å². The lowest BCUT2D eigenvalue weighted by Gasteiger charge is -2.33. The average Bonchev–Trinajstić information content (AvgIpc) is 2.77. The molecule has 0 radical (unpaired) electrons. The van der Waals surface area contributed by atoms with Crippen molar-refractivity contribution in [3.63, 3.8) is 0 Å². The first kappa shape index (κ1) is 21.6. The number of nitrogens with zero attached hydrogens (tertiary/aromatic N) is 1. The lowest BCUT2D eigenvalue weighted by Crippen LogP contribution is -3.15. The Morgan fingerprint density at radius 3 is 2.27 bits per heavy atom. The van der Waals surface area contributed by atoms with E-state index in [1.807, 2.05) is 30.3 Å². The second-order valence-corrected chi connectivity index (χ2v) is 7.21. The first-order valence-electron chi connectivity index (χ1n) is 9.97. The number of rotatable bonds is 8. The normalized spacial score (nSPS) is 14.3. The number of phenolic OH excluding ortho intramolecular Hbond substituents is 1. The van der Waals surface area contributed by atoms with Crippen LogP contribution in [0, 0.1) is 0 Å². The summed E-state index contributed by atoms with van der Waals surface area (Å²) < 4.78 is 16.0. The van der Waals surface area contributed by atoms with Gasteiger partial charge in [0.2, 0.25) is 5.75 Å². The van der Waals surface area contributed by atoms with Crippen molar-refractivity contribution >= 4 is 11.6 Å². The van der Waals surface area contributed by atoms with E-state index in [0.29, 0.717) is 36.1 Å². The molecule has 0 aliphatic carbocycles. The standard InChI is InChI=1S/C22H29N3O5/c1-28-19-12-16(13-20(29-2)22(19)30-3)14-23-21(27)15-24-8-10-25(11-9-24)17-6-4-5-7-18(17)26/h4-7,12-13,26H,8-11,14-15H2,1-3H3,(H,23,27)/p+1. The minimum Gasteiger partial charge on any atom is -0.506 e. The predicted octanol–water partition coefficient (Wildman–Crippen LogP) is 0.439. The van der Waals surface area contributed by atoms with Gasteiger partial charge >= 0.3 is 0 Å². The quantitative estimate of drug-likeness (QED) is 0.579. The van der Waals surface area contributed by atoms with Crippen LogP contribution in [0.5, 0.6) is 23.0 Å². The minimum atomic E-state index is -0.00485.